The fraction of sp³-hybridized carbons (Fsp3) is 0.500. The van der Waals surface area contributed by atoms with E-state index in [4.69, 9.17) is 0 Å². The molecule has 0 aromatic heterocycles. The third-order valence-corrected chi connectivity index (χ3v) is 2.84. The normalized spacial score (nSPS) is 12.4. The Morgan fingerprint density at radius 3 is 2.31 bits per heavy atom. The second-order valence-corrected chi connectivity index (χ2v) is 4.11. The van der Waals surface area contributed by atoms with Crippen LogP contribution in [-0.2, 0) is 6.42 Å². The molecule has 0 bridgehead atoms. The summed E-state index contributed by atoms with van der Waals surface area (Å²) < 4.78 is 0. The smallest absolute Gasteiger partial charge is 0.123 e. The highest BCUT2D eigenvalue weighted by atomic mass is 15.1. The number of benzene rings is 1. The second kappa shape index (κ2) is 6.30. The molecule has 2 nitrogen and oxygen atoms in total. The molecule has 0 saturated heterocycles. The van der Waals surface area contributed by atoms with Gasteiger partial charge in [-0.3, -0.25) is 4.90 Å². The van der Waals surface area contributed by atoms with Gasteiger partial charge in [0.25, 0.3) is 0 Å². The molecule has 0 N–H and O–H groups in total. The molecule has 0 fully saturated rings. The van der Waals surface area contributed by atoms with E-state index in [-0.39, 0.29) is 6.04 Å². The van der Waals surface area contributed by atoms with E-state index in [1.165, 1.54) is 5.56 Å². The Labute approximate surface area is 98.5 Å². The van der Waals surface area contributed by atoms with Crippen LogP contribution in [0.4, 0.5) is 0 Å². The van der Waals surface area contributed by atoms with Crippen molar-refractivity contribution in [3.05, 3.63) is 35.4 Å². The van der Waals surface area contributed by atoms with Crippen molar-refractivity contribution >= 4 is 0 Å². The van der Waals surface area contributed by atoms with E-state index in [0.29, 0.717) is 0 Å². The van der Waals surface area contributed by atoms with Crippen molar-refractivity contribution in [1.29, 1.82) is 5.26 Å². The zero-order chi connectivity index (χ0) is 12.0. The summed E-state index contributed by atoms with van der Waals surface area (Å²) in [6.45, 7) is 5.22. The van der Waals surface area contributed by atoms with Gasteiger partial charge in [0.15, 0.2) is 0 Å². The molecule has 1 aromatic rings. The summed E-state index contributed by atoms with van der Waals surface area (Å²) in [5.74, 6) is 0. The van der Waals surface area contributed by atoms with Crippen LogP contribution < -0.4 is 0 Å². The number of rotatable bonds is 5. The highest BCUT2D eigenvalue weighted by Crippen LogP contribution is 2.19. The minimum Gasteiger partial charge on any atom is -0.287 e. The van der Waals surface area contributed by atoms with Crippen molar-refractivity contribution in [3.8, 4) is 6.07 Å². The summed E-state index contributed by atoms with van der Waals surface area (Å²) in [5, 5.41) is 9.21. The quantitative estimate of drug-likeness (QED) is 0.756. The van der Waals surface area contributed by atoms with Crippen LogP contribution in [0, 0.1) is 11.3 Å². The number of aryl methyl sites for hydroxylation is 1. The first-order chi connectivity index (χ1) is 7.72. The van der Waals surface area contributed by atoms with Crippen molar-refractivity contribution in [3.63, 3.8) is 0 Å². The maximum Gasteiger partial charge on any atom is 0.123 e. The largest absolute Gasteiger partial charge is 0.287 e. The van der Waals surface area contributed by atoms with Crippen molar-refractivity contribution in [2.75, 3.05) is 13.6 Å². The summed E-state index contributed by atoms with van der Waals surface area (Å²) >= 11 is 0. The number of hydrogen-bond acceptors (Lipinski definition) is 2. The van der Waals surface area contributed by atoms with Gasteiger partial charge in [-0.25, -0.2) is 0 Å². The topological polar surface area (TPSA) is 27.0 Å². The molecule has 1 atom stereocenters. The second-order valence-electron chi connectivity index (χ2n) is 4.11. The van der Waals surface area contributed by atoms with E-state index in [1.54, 1.807) is 0 Å². The lowest BCUT2D eigenvalue weighted by atomic mass is 10.0. The molecule has 16 heavy (non-hydrogen) atoms. The fourth-order valence-corrected chi connectivity index (χ4v) is 1.85. The lowest BCUT2D eigenvalue weighted by Crippen LogP contribution is -2.24. The van der Waals surface area contributed by atoms with Crippen molar-refractivity contribution in [2.24, 2.45) is 0 Å². The average Bonchev–Trinajstić information content (AvgIpc) is 2.31. The minimum absolute atomic E-state index is 0.120. The standard InChI is InChI=1S/C14H20N2/c1-4-10-16(3)14(11-15)13-8-6-12(5-2)7-9-13/h6-9,14H,4-5,10H2,1-3H3. The zero-order valence-corrected chi connectivity index (χ0v) is 10.4. The van der Waals surface area contributed by atoms with Gasteiger partial charge in [0.2, 0.25) is 0 Å². The SMILES string of the molecule is CCCN(C)C(C#N)c1ccc(CC)cc1. The first-order valence-electron chi connectivity index (χ1n) is 5.91. The molecule has 0 amide bonds. The molecular weight excluding hydrogens is 196 g/mol. The molecule has 0 aliphatic carbocycles. The van der Waals surface area contributed by atoms with Gasteiger partial charge >= 0.3 is 0 Å². The third-order valence-electron chi connectivity index (χ3n) is 2.84. The highest BCUT2D eigenvalue weighted by Gasteiger charge is 2.14. The molecular formula is C14H20N2. The summed E-state index contributed by atoms with van der Waals surface area (Å²) in [5.41, 5.74) is 2.41. The Balaban J connectivity index is 2.83. The summed E-state index contributed by atoms with van der Waals surface area (Å²) in [4.78, 5) is 2.10. The third kappa shape index (κ3) is 3.08. The molecule has 0 heterocycles. The highest BCUT2D eigenvalue weighted by molar-refractivity contribution is 5.28. The zero-order valence-electron chi connectivity index (χ0n) is 10.4. The van der Waals surface area contributed by atoms with Crippen molar-refractivity contribution < 1.29 is 0 Å². The van der Waals surface area contributed by atoms with E-state index < -0.39 is 0 Å². The fourth-order valence-electron chi connectivity index (χ4n) is 1.85. The van der Waals surface area contributed by atoms with E-state index in [0.717, 1.165) is 24.9 Å². The van der Waals surface area contributed by atoms with Gasteiger partial charge in [0.05, 0.1) is 6.07 Å². The predicted octanol–water partition coefficient (Wildman–Crippen LogP) is 3.16. The Hall–Kier alpha value is -1.33. The molecule has 0 radical (unpaired) electrons. The molecule has 1 aromatic carbocycles. The van der Waals surface area contributed by atoms with E-state index >= 15 is 0 Å². The molecule has 2 heteroatoms. The minimum atomic E-state index is -0.120. The first-order valence-corrected chi connectivity index (χ1v) is 5.91. The molecule has 0 spiro atoms. The van der Waals surface area contributed by atoms with E-state index in [9.17, 15) is 5.26 Å². The van der Waals surface area contributed by atoms with Gasteiger partial charge in [-0.05, 0) is 37.6 Å². The van der Waals surface area contributed by atoms with Crippen LogP contribution in [0.25, 0.3) is 0 Å². The Morgan fingerprint density at radius 2 is 1.88 bits per heavy atom. The van der Waals surface area contributed by atoms with E-state index in [1.807, 2.05) is 7.05 Å². The maximum atomic E-state index is 9.21. The first kappa shape index (κ1) is 12.7. The predicted molar refractivity (Wildman–Crippen MR) is 67.1 cm³/mol. The molecule has 86 valence electrons. The van der Waals surface area contributed by atoms with Crippen molar-refractivity contribution in [1.82, 2.24) is 4.90 Å². The lowest BCUT2D eigenvalue weighted by Gasteiger charge is -2.22. The van der Waals surface area contributed by atoms with Crippen LogP contribution in [0.2, 0.25) is 0 Å². The van der Waals surface area contributed by atoms with Crippen LogP contribution in [0.5, 0.6) is 0 Å². The van der Waals surface area contributed by atoms with Gasteiger partial charge < -0.3 is 0 Å². The number of nitriles is 1. The molecule has 0 saturated carbocycles. The lowest BCUT2D eigenvalue weighted by molar-refractivity contribution is 0.292. The Morgan fingerprint density at radius 1 is 1.25 bits per heavy atom. The average molecular weight is 216 g/mol. The van der Waals surface area contributed by atoms with Gasteiger partial charge in [-0.2, -0.15) is 5.26 Å². The van der Waals surface area contributed by atoms with Gasteiger partial charge in [0, 0.05) is 0 Å². The van der Waals surface area contributed by atoms with Crippen molar-refractivity contribution in [2.45, 2.75) is 32.7 Å². The Kier molecular flexibility index (Phi) is 5.01. The van der Waals surface area contributed by atoms with Crippen LogP contribution >= 0.6 is 0 Å². The molecule has 0 aliphatic rings. The van der Waals surface area contributed by atoms with Gasteiger partial charge in [-0.1, -0.05) is 38.1 Å². The summed E-state index contributed by atoms with van der Waals surface area (Å²) in [6, 6.07) is 10.6. The van der Waals surface area contributed by atoms with Gasteiger partial charge in [-0.15, -0.1) is 0 Å². The number of nitrogens with zero attached hydrogens (tertiary/aromatic N) is 2. The van der Waals surface area contributed by atoms with Gasteiger partial charge in [0.1, 0.15) is 6.04 Å². The van der Waals surface area contributed by atoms with Crippen LogP contribution in [0.3, 0.4) is 0 Å². The van der Waals surface area contributed by atoms with E-state index in [2.05, 4.69) is 49.1 Å². The summed E-state index contributed by atoms with van der Waals surface area (Å²) in [6.07, 6.45) is 2.12. The molecule has 1 rings (SSSR count). The van der Waals surface area contributed by atoms with Crippen LogP contribution in [-0.4, -0.2) is 18.5 Å². The summed E-state index contributed by atoms with van der Waals surface area (Å²) in [7, 11) is 2.01. The van der Waals surface area contributed by atoms with Crippen LogP contribution in [0.1, 0.15) is 37.4 Å². The number of hydrogen-bond donors (Lipinski definition) is 0. The maximum absolute atomic E-state index is 9.21. The van der Waals surface area contributed by atoms with Crippen LogP contribution in [0.15, 0.2) is 24.3 Å². The monoisotopic (exact) mass is 216 g/mol. The molecule has 1 unspecified atom stereocenters. The Bertz CT molecular complexity index is 348. The molecule has 0 aliphatic heterocycles.